The van der Waals surface area contributed by atoms with Crippen LogP contribution >= 0.6 is 0 Å². The molecule has 4 nitrogen and oxygen atoms in total. The van der Waals surface area contributed by atoms with Crippen LogP contribution in [0.15, 0.2) is 0 Å². The van der Waals surface area contributed by atoms with Gasteiger partial charge in [-0.2, -0.15) is 0 Å². The van der Waals surface area contributed by atoms with Crippen LogP contribution in [0, 0.1) is 5.92 Å². The van der Waals surface area contributed by atoms with Gasteiger partial charge >= 0.3 is 6.03 Å². The van der Waals surface area contributed by atoms with E-state index in [9.17, 15) is 4.79 Å². The zero-order valence-electron chi connectivity index (χ0n) is 10.8. The molecular formula is C12H25N3O. The first-order valence-electron chi connectivity index (χ1n) is 6.45. The van der Waals surface area contributed by atoms with Gasteiger partial charge in [-0.1, -0.05) is 0 Å². The summed E-state index contributed by atoms with van der Waals surface area (Å²) in [6.45, 7) is 9.83. The van der Waals surface area contributed by atoms with Gasteiger partial charge in [0.15, 0.2) is 0 Å². The molecule has 2 amide bonds. The first-order valence-corrected chi connectivity index (χ1v) is 6.45. The summed E-state index contributed by atoms with van der Waals surface area (Å²) in [5, 5.41) is 6.48. The minimum atomic E-state index is 0.0723. The van der Waals surface area contributed by atoms with Crippen LogP contribution in [0.1, 0.15) is 33.6 Å². The molecule has 0 bridgehead atoms. The Kier molecular flexibility index (Phi) is 5.60. The molecule has 1 rings (SSSR count). The first kappa shape index (κ1) is 13.3. The molecule has 1 aliphatic rings. The van der Waals surface area contributed by atoms with E-state index in [1.165, 1.54) is 12.8 Å². The van der Waals surface area contributed by atoms with Gasteiger partial charge in [-0.3, -0.25) is 0 Å². The van der Waals surface area contributed by atoms with Gasteiger partial charge in [0, 0.05) is 19.1 Å². The second-order valence-corrected chi connectivity index (χ2v) is 4.52. The van der Waals surface area contributed by atoms with E-state index in [1.807, 2.05) is 18.7 Å². The molecule has 1 fully saturated rings. The van der Waals surface area contributed by atoms with E-state index in [0.717, 1.165) is 26.2 Å². The molecule has 4 heteroatoms. The van der Waals surface area contributed by atoms with E-state index >= 15 is 0 Å². The molecule has 0 aromatic rings. The van der Waals surface area contributed by atoms with Crippen molar-refractivity contribution in [3.63, 3.8) is 0 Å². The lowest BCUT2D eigenvalue weighted by Crippen LogP contribution is -2.49. The van der Waals surface area contributed by atoms with Crippen molar-refractivity contribution in [2.75, 3.05) is 26.2 Å². The van der Waals surface area contributed by atoms with Crippen molar-refractivity contribution < 1.29 is 4.79 Å². The Labute approximate surface area is 98.8 Å². The lowest BCUT2D eigenvalue weighted by atomic mass is 9.93. The zero-order chi connectivity index (χ0) is 12.0. The summed E-state index contributed by atoms with van der Waals surface area (Å²) in [5.74, 6) is 0.577. The standard InChI is InChI=1S/C12H25N3O/c1-4-15(5-2)12(16)14-10(3)11-7-6-8-13-9-11/h10-11,13H,4-9H2,1-3H3,(H,14,16). The third-order valence-corrected chi connectivity index (χ3v) is 3.44. The van der Waals surface area contributed by atoms with Gasteiger partial charge in [-0.25, -0.2) is 4.79 Å². The van der Waals surface area contributed by atoms with Crippen molar-refractivity contribution in [1.29, 1.82) is 0 Å². The fourth-order valence-corrected chi connectivity index (χ4v) is 2.22. The summed E-state index contributed by atoms with van der Waals surface area (Å²) in [6, 6.07) is 0.337. The second kappa shape index (κ2) is 6.74. The topological polar surface area (TPSA) is 44.4 Å². The predicted molar refractivity (Wildman–Crippen MR) is 66.5 cm³/mol. The van der Waals surface area contributed by atoms with Crippen molar-refractivity contribution in [2.24, 2.45) is 5.92 Å². The Morgan fingerprint density at radius 1 is 1.50 bits per heavy atom. The highest BCUT2D eigenvalue weighted by Gasteiger charge is 2.22. The van der Waals surface area contributed by atoms with Gasteiger partial charge in [0.05, 0.1) is 0 Å². The fourth-order valence-electron chi connectivity index (χ4n) is 2.22. The number of urea groups is 1. The van der Waals surface area contributed by atoms with Gasteiger partial charge in [-0.05, 0) is 52.6 Å². The van der Waals surface area contributed by atoms with E-state index in [1.54, 1.807) is 0 Å². The molecule has 1 aliphatic heterocycles. The quantitative estimate of drug-likeness (QED) is 0.763. The number of hydrogen-bond acceptors (Lipinski definition) is 2. The van der Waals surface area contributed by atoms with Gasteiger partial charge in [0.1, 0.15) is 0 Å². The highest BCUT2D eigenvalue weighted by Crippen LogP contribution is 2.14. The molecule has 0 aromatic carbocycles. The van der Waals surface area contributed by atoms with Gasteiger partial charge < -0.3 is 15.5 Å². The Bertz CT molecular complexity index is 210. The second-order valence-electron chi connectivity index (χ2n) is 4.52. The molecular weight excluding hydrogens is 202 g/mol. The lowest BCUT2D eigenvalue weighted by molar-refractivity contribution is 0.191. The summed E-state index contributed by atoms with van der Waals surface area (Å²) in [6.07, 6.45) is 2.43. The van der Waals surface area contributed by atoms with Crippen LogP contribution in [0.3, 0.4) is 0 Å². The highest BCUT2D eigenvalue weighted by atomic mass is 16.2. The summed E-state index contributed by atoms with van der Waals surface area (Å²) in [7, 11) is 0. The summed E-state index contributed by atoms with van der Waals surface area (Å²) >= 11 is 0. The average molecular weight is 227 g/mol. The van der Waals surface area contributed by atoms with E-state index < -0.39 is 0 Å². The molecule has 0 aliphatic carbocycles. The van der Waals surface area contributed by atoms with Gasteiger partial charge in [0.25, 0.3) is 0 Å². The number of rotatable bonds is 4. The minimum absolute atomic E-state index is 0.0723. The van der Waals surface area contributed by atoms with Crippen LogP contribution in [0.2, 0.25) is 0 Å². The van der Waals surface area contributed by atoms with E-state index in [-0.39, 0.29) is 12.1 Å². The molecule has 1 saturated heterocycles. The molecule has 0 radical (unpaired) electrons. The molecule has 0 spiro atoms. The van der Waals surface area contributed by atoms with Crippen LogP contribution in [-0.2, 0) is 0 Å². The number of piperidine rings is 1. The fraction of sp³-hybridized carbons (Fsp3) is 0.917. The first-order chi connectivity index (χ1) is 7.69. The maximum atomic E-state index is 11.9. The lowest BCUT2D eigenvalue weighted by Gasteiger charge is -2.30. The van der Waals surface area contributed by atoms with E-state index in [4.69, 9.17) is 0 Å². The number of hydrogen-bond donors (Lipinski definition) is 2. The molecule has 1 heterocycles. The summed E-state index contributed by atoms with van der Waals surface area (Å²) in [5.41, 5.74) is 0. The molecule has 16 heavy (non-hydrogen) atoms. The van der Waals surface area contributed by atoms with Crippen LogP contribution in [0.4, 0.5) is 4.79 Å². The van der Waals surface area contributed by atoms with Crippen molar-refractivity contribution >= 4 is 6.03 Å². The summed E-state index contributed by atoms with van der Waals surface area (Å²) in [4.78, 5) is 13.7. The van der Waals surface area contributed by atoms with Gasteiger partial charge in [0.2, 0.25) is 0 Å². The smallest absolute Gasteiger partial charge is 0.317 e. The van der Waals surface area contributed by atoms with Crippen molar-refractivity contribution in [2.45, 2.75) is 39.7 Å². The third kappa shape index (κ3) is 3.67. The van der Waals surface area contributed by atoms with Crippen molar-refractivity contribution in [3.8, 4) is 0 Å². The van der Waals surface area contributed by atoms with Crippen LogP contribution in [-0.4, -0.2) is 43.2 Å². The maximum Gasteiger partial charge on any atom is 0.317 e. The zero-order valence-corrected chi connectivity index (χ0v) is 10.8. The molecule has 2 N–H and O–H groups in total. The largest absolute Gasteiger partial charge is 0.335 e. The van der Waals surface area contributed by atoms with Crippen molar-refractivity contribution in [3.05, 3.63) is 0 Å². The molecule has 94 valence electrons. The molecule has 2 unspecified atom stereocenters. The third-order valence-electron chi connectivity index (χ3n) is 3.44. The Balaban J connectivity index is 2.36. The Hall–Kier alpha value is -0.770. The van der Waals surface area contributed by atoms with Crippen LogP contribution < -0.4 is 10.6 Å². The molecule has 2 atom stereocenters. The van der Waals surface area contributed by atoms with Gasteiger partial charge in [-0.15, -0.1) is 0 Å². The van der Waals surface area contributed by atoms with Crippen LogP contribution in [0.5, 0.6) is 0 Å². The highest BCUT2D eigenvalue weighted by molar-refractivity contribution is 5.74. The number of carbonyl (C=O) groups is 1. The normalized spacial score (nSPS) is 22.6. The monoisotopic (exact) mass is 227 g/mol. The SMILES string of the molecule is CCN(CC)C(=O)NC(C)C1CCCNC1. The molecule has 0 saturated carbocycles. The predicted octanol–water partition coefficient (Wildman–Crippen LogP) is 1.43. The van der Waals surface area contributed by atoms with Crippen molar-refractivity contribution in [1.82, 2.24) is 15.5 Å². The number of amides is 2. The summed E-state index contributed by atoms with van der Waals surface area (Å²) < 4.78 is 0. The minimum Gasteiger partial charge on any atom is -0.335 e. The van der Waals surface area contributed by atoms with E-state index in [2.05, 4.69) is 17.6 Å². The number of nitrogens with zero attached hydrogens (tertiary/aromatic N) is 1. The average Bonchev–Trinajstić information content (AvgIpc) is 2.31. The Morgan fingerprint density at radius 3 is 2.69 bits per heavy atom. The van der Waals surface area contributed by atoms with E-state index in [0.29, 0.717) is 5.92 Å². The number of carbonyl (C=O) groups excluding carboxylic acids is 1. The van der Waals surface area contributed by atoms with Crippen LogP contribution in [0.25, 0.3) is 0 Å². The Morgan fingerprint density at radius 2 is 2.19 bits per heavy atom. The maximum absolute atomic E-state index is 11.9. The number of nitrogens with one attached hydrogen (secondary N) is 2. The molecule has 0 aromatic heterocycles.